The Morgan fingerprint density at radius 1 is 0.253 bits per heavy atom. The maximum atomic E-state index is 12.8. The molecule has 0 fully saturated rings. The fourth-order valence-corrected chi connectivity index (χ4v) is 11.1. The predicted octanol–water partition coefficient (Wildman–Crippen LogP) is 24.6. The third kappa shape index (κ3) is 66.6. The van der Waals surface area contributed by atoms with Crippen molar-refractivity contribution in [1.82, 2.24) is 0 Å². The van der Waals surface area contributed by atoms with Gasteiger partial charge >= 0.3 is 17.9 Å². The Labute approximate surface area is 493 Å². The van der Waals surface area contributed by atoms with Crippen molar-refractivity contribution in [2.45, 2.75) is 412 Å². The van der Waals surface area contributed by atoms with E-state index in [4.69, 9.17) is 14.2 Å². The fourth-order valence-electron chi connectivity index (χ4n) is 11.1. The van der Waals surface area contributed by atoms with Crippen molar-refractivity contribution in [3.05, 3.63) is 24.3 Å². The summed E-state index contributed by atoms with van der Waals surface area (Å²) in [7, 11) is 0. The molecule has 0 rings (SSSR count). The number of rotatable bonds is 67. The molecule has 0 radical (unpaired) electrons. The van der Waals surface area contributed by atoms with Crippen LogP contribution in [0.2, 0.25) is 0 Å². The van der Waals surface area contributed by atoms with Crippen molar-refractivity contribution in [3.63, 3.8) is 0 Å². The number of allylic oxidation sites excluding steroid dienone is 4. The van der Waals surface area contributed by atoms with Gasteiger partial charge in [0.2, 0.25) is 0 Å². The van der Waals surface area contributed by atoms with Gasteiger partial charge in [0.15, 0.2) is 6.10 Å². The van der Waals surface area contributed by atoms with Crippen molar-refractivity contribution in [2.24, 2.45) is 0 Å². The second kappa shape index (κ2) is 68.4. The summed E-state index contributed by atoms with van der Waals surface area (Å²) in [5, 5.41) is 0. The molecule has 0 amide bonds. The van der Waals surface area contributed by atoms with E-state index in [1.165, 1.54) is 295 Å². The summed E-state index contributed by atoms with van der Waals surface area (Å²) in [6.07, 6.45) is 84.3. The van der Waals surface area contributed by atoms with Crippen LogP contribution in [0.4, 0.5) is 0 Å². The minimum Gasteiger partial charge on any atom is -0.462 e. The van der Waals surface area contributed by atoms with E-state index in [1.807, 2.05) is 0 Å². The predicted molar refractivity (Wildman–Crippen MR) is 344 cm³/mol. The van der Waals surface area contributed by atoms with Crippen LogP contribution in [0.25, 0.3) is 0 Å². The number of unbranched alkanes of at least 4 members (excludes halogenated alkanes) is 52. The highest BCUT2D eigenvalue weighted by Gasteiger charge is 2.19. The Morgan fingerprint density at radius 3 is 0.696 bits per heavy atom. The first-order valence-electron chi connectivity index (χ1n) is 35.8. The number of carbonyl (C=O) groups is 3. The molecule has 0 aromatic rings. The van der Waals surface area contributed by atoms with E-state index in [0.29, 0.717) is 19.3 Å². The highest BCUT2D eigenvalue weighted by atomic mass is 16.6. The number of hydrogen-bond acceptors (Lipinski definition) is 6. The molecule has 0 N–H and O–H groups in total. The lowest BCUT2D eigenvalue weighted by atomic mass is 10.0. The molecule has 0 aromatic heterocycles. The van der Waals surface area contributed by atoms with Crippen LogP contribution in [0.1, 0.15) is 406 Å². The van der Waals surface area contributed by atoms with Crippen LogP contribution in [-0.2, 0) is 28.6 Å². The molecular formula is C73H138O6. The number of carbonyl (C=O) groups excluding carboxylic acids is 3. The van der Waals surface area contributed by atoms with Gasteiger partial charge in [0.25, 0.3) is 0 Å². The molecule has 0 spiro atoms. The van der Waals surface area contributed by atoms with Gasteiger partial charge in [0, 0.05) is 19.3 Å². The molecular weight excluding hydrogens is 973 g/mol. The number of hydrogen-bond donors (Lipinski definition) is 0. The van der Waals surface area contributed by atoms with Crippen LogP contribution in [0.3, 0.4) is 0 Å². The summed E-state index contributed by atoms with van der Waals surface area (Å²) in [6, 6.07) is 0. The van der Waals surface area contributed by atoms with Crippen LogP contribution in [0.15, 0.2) is 24.3 Å². The monoisotopic (exact) mass is 1110 g/mol. The van der Waals surface area contributed by atoms with Crippen LogP contribution in [0.5, 0.6) is 0 Å². The molecule has 0 bridgehead atoms. The second-order valence-corrected chi connectivity index (χ2v) is 24.5. The minimum absolute atomic E-state index is 0.0643. The third-order valence-electron chi connectivity index (χ3n) is 16.5. The van der Waals surface area contributed by atoms with Gasteiger partial charge in [-0.1, -0.05) is 360 Å². The minimum atomic E-state index is -0.763. The SMILES string of the molecule is CCCCCCC/C=C\C/C=C\CCCCCCCCCCCCCCCCCCCCCCCCCC(=O)OCC(COC(=O)CCCCCCC)OC(=O)CCCCCCCCCCCCCCCCCCCCCCC. The average molecular weight is 1110 g/mol. The maximum Gasteiger partial charge on any atom is 0.306 e. The molecule has 1 unspecified atom stereocenters. The Morgan fingerprint density at radius 2 is 0.456 bits per heavy atom. The van der Waals surface area contributed by atoms with Gasteiger partial charge in [-0.15, -0.1) is 0 Å². The summed E-state index contributed by atoms with van der Waals surface area (Å²) in [5.41, 5.74) is 0. The van der Waals surface area contributed by atoms with Crippen molar-refractivity contribution in [2.75, 3.05) is 13.2 Å². The van der Waals surface area contributed by atoms with Crippen molar-refractivity contribution in [3.8, 4) is 0 Å². The number of esters is 3. The first-order chi connectivity index (χ1) is 39.0. The highest BCUT2D eigenvalue weighted by molar-refractivity contribution is 5.71. The van der Waals surface area contributed by atoms with Gasteiger partial charge in [-0.2, -0.15) is 0 Å². The molecule has 0 heterocycles. The van der Waals surface area contributed by atoms with Crippen molar-refractivity contribution < 1.29 is 28.6 Å². The van der Waals surface area contributed by atoms with E-state index in [1.54, 1.807) is 0 Å². The van der Waals surface area contributed by atoms with Crippen LogP contribution >= 0.6 is 0 Å². The summed E-state index contributed by atoms with van der Waals surface area (Å²) >= 11 is 0. The molecule has 0 aliphatic carbocycles. The smallest absolute Gasteiger partial charge is 0.306 e. The largest absolute Gasteiger partial charge is 0.462 e. The zero-order valence-electron chi connectivity index (χ0n) is 53.7. The van der Waals surface area contributed by atoms with Gasteiger partial charge in [-0.25, -0.2) is 0 Å². The molecule has 6 heteroatoms. The Hall–Kier alpha value is -2.11. The molecule has 0 saturated heterocycles. The topological polar surface area (TPSA) is 78.9 Å². The summed E-state index contributed by atoms with van der Waals surface area (Å²) in [4.78, 5) is 38.0. The third-order valence-corrected chi connectivity index (χ3v) is 16.5. The average Bonchev–Trinajstić information content (AvgIpc) is 3.45. The molecule has 0 saturated carbocycles. The highest BCUT2D eigenvalue weighted by Crippen LogP contribution is 2.19. The van der Waals surface area contributed by atoms with Crippen molar-refractivity contribution in [1.29, 1.82) is 0 Å². The van der Waals surface area contributed by atoms with E-state index in [-0.39, 0.29) is 31.1 Å². The van der Waals surface area contributed by atoms with Gasteiger partial charge < -0.3 is 14.2 Å². The molecule has 0 aliphatic heterocycles. The zero-order valence-corrected chi connectivity index (χ0v) is 53.7. The zero-order chi connectivity index (χ0) is 57.1. The van der Waals surface area contributed by atoms with E-state index in [9.17, 15) is 14.4 Å². The molecule has 0 aromatic carbocycles. The maximum absolute atomic E-state index is 12.8. The lowest BCUT2D eigenvalue weighted by Crippen LogP contribution is -2.30. The van der Waals surface area contributed by atoms with Gasteiger partial charge in [0.1, 0.15) is 13.2 Å². The number of ether oxygens (including phenoxy) is 3. The van der Waals surface area contributed by atoms with E-state index in [0.717, 1.165) is 70.6 Å². The van der Waals surface area contributed by atoms with E-state index < -0.39 is 6.10 Å². The van der Waals surface area contributed by atoms with Gasteiger partial charge in [-0.3, -0.25) is 14.4 Å². The standard InChI is InChI=1S/C73H138O6/c1-4-7-10-13-15-17-19-21-23-25-27-29-30-31-32-33-34-35-36-37-38-39-40-41-42-44-45-47-49-51-53-55-57-60-63-66-72(75)78-69-70(68-77-71(74)65-62-59-12-9-6-3)79-73(76)67-64-61-58-56-54-52-50-48-46-43-28-26-24-22-20-18-16-14-11-8-5-2/h19,21,25,27,70H,4-18,20,22-24,26,28-69H2,1-3H3/b21-19-,27-25-. The van der Waals surface area contributed by atoms with Crippen LogP contribution < -0.4 is 0 Å². The Kier molecular flexibility index (Phi) is 66.6. The van der Waals surface area contributed by atoms with Crippen molar-refractivity contribution >= 4 is 17.9 Å². The molecule has 6 nitrogen and oxygen atoms in total. The molecule has 1 atom stereocenters. The molecule has 466 valence electrons. The Balaban J connectivity index is 3.85. The van der Waals surface area contributed by atoms with E-state index in [2.05, 4.69) is 45.1 Å². The summed E-state index contributed by atoms with van der Waals surface area (Å²) in [6.45, 7) is 6.62. The lowest BCUT2D eigenvalue weighted by molar-refractivity contribution is -0.167. The van der Waals surface area contributed by atoms with Gasteiger partial charge in [0.05, 0.1) is 0 Å². The molecule has 79 heavy (non-hydrogen) atoms. The fraction of sp³-hybridized carbons (Fsp3) is 0.904. The summed E-state index contributed by atoms with van der Waals surface area (Å²) < 4.78 is 16.8. The Bertz CT molecular complexity index is 1270. The molecule has 0 aliphatic rings. The normalized spacial score (nSPS) is 12.1. The summed E-state index contributed by atoms with van der Waals surface area (Å²) in [5.74, 6) is -0.849. The second-order valence-electron chi connectivity index (χ2n) is 24.5. The lowest BCUT2D eigenvalue weighted by Gasteiger charge is -2.18. The first-order valence-corrected chi connectivity index (χ1v) is 35.8. The first kappa shape index (κ1) is 76.9. The quantitative estimate of drug-likeness (QED) is 0.0261. The van der Waals surface area contributed by atoms with Gasteiger partial charge in [-0.05, 0) is 51.4 Å². The van der Waals surface area contributed by atoms with Crippen LogP contribution in [0, 0.1) is 0 Å². The van der Waals surface area contributed by atoms with E-state index >= 15 is 0 Å². The van der Waals surface area contributed by atoms with Crippen LogP contribution in [-0.4, -0.2) is 37.2 Å².